The highest BCUT2D eigenvalue weighted by Crippen LogP contribution is 2.36. The second kappa shape index (κ2) is 7.11. The third kappa shape index (κ3) is 3.48. The monoisotopic (exact) mass is 297 g/mol. The lowest BCUT2D eigenvalue weighted by Crippen LogP contribution is -2.52. The summed E-state index contributed by atoms with van der Waals surface area (Å²) in [5.41, 5.74) is 5.06. The smallest absolute Gasteiger partial charge is 0.234 e. The number of nitrogens with one attached hydrogen (secondary N) is 1. The minimum Gasteiger partial charge on any atom is -0.409 e. The second-order valence-electron chi connectivity index (χ2n) is 6.32. The van der Waals surface area contributed by atoms with Gasteiger partial charge in [0, 0.05) is 13.2 Å². The Hall–Kier alpha value is -1.30. The van der Waals surface area contributed by atoms with E-state index in [9.17, 15) is 4.79 Å². The predicted octanol–water partition coefficient (Wildman–Crippen LogP) is 1.76. The largest absolute Gasteiger partial charge is 0.409 e. The van der Waals surface area contributed by atoms with Gasteiger partial charge >= 0.3 is 0 Å². The van der Waals surface area contributed by atoms with Crippen LogP contribution in [0.2, 0.25) is 0 Å². The van der Waals surface area contributed by atoms with Gasteiger partial charge < -0.3 is 21.0 Å². The number of rotatable bonds is 4. The highest BCUT2D eigenvalue weighted by molar-refractivity contribution is 6.06. The molecule has 6 heteroatoms. The number of nitrogens with zero attached hydrogens (tertiary/aromatic N) is 1. The zero-order valence-electron chi connectivity index (χ0n) is 12.8. The fourth-order valence-electron chi connectivity index (χ4n) is 3.64. The van der Waals surface area contributed by atoms with Crippen molar-refractivity contribution >= 4 is 11.7 Å². The molecule has 1 amide bonds. The Kier molecular flexibility index (Phi) is 5.45. The van der Waals surface area contributed by atoms with Crippen LogP contribution in [0.5, 0.6) is 0 Å². The summed E-state index contributed by atoms with van der Waals surface area (Å²) in [6, 6.07) is 0.133. The van der Waals surface area contributed by atoms with Crippen LogP contribution in [-0.2, 0) is 9.53 Å². The summed E-state index contributed by atoms with van der Waals surface area (Å²) in [6.45, 7) is 0. The van der Waals surface area contributed by atoms with Gasteiger partial charge in [-0.15, -0.1) is 0 Å². The van der Waals surface area contributed by atoms with E-state index in [0.717, 1.165) is 44.9 Å². The molecule has 2 unspecified atom stereocenters. The van der Waals surface area contributed by atoms with E-state index in [4.69, 9.17) is 15.7 Å². The van der Waals surface area contributed by atoms with Crippen LogP contribution < -0.4 is 11.1 Å². The summed E-state index contributed by atoms with van der Waals surface area (Å²) in [6.07, 6.45) is 8.37. The lowest BCUT2D eigenvalue weighted by Gasteiger charge is -2.31. The van der Waals surface area contributed by atoms with E-state index in [2.05, 4.69) is 10.5 Å². The molecule has 4 N–H and O–H groups in total. The SMILES string of the molecule is COC1CCC(NC(=O)C2(C(N)=NO)CCCCCC2)C1. The molecule has 0 heterocycles. The van der Waals surface area contributed by atoms with E-state index in [0.29, 0.717) is 12.8 Å². The molecule has 2 fully saturated rings. The van der Waals surface area contributed by atoms with Gasteiger partial charge in [0.15, 0.2) is 5.84 Å². The highest BCUT2D eigenvalue weighted by atomic mass is 16.5. The van der Waals surface area contributed by atoms with Crippen molar-refractivity contribution in [1.82, 2.24) is 5.32 Å². The number of hydrogen-bond acceptors (Lipinski definition) is 4. The van der Waals surface area contributed by atoms with Crippen LogP contribution in [-0.4, -0.2) is 36.2 Å². The third-order valence-corrected chi connectivity index (χ3v) is 5.04. The number of carbonyl (C=O) groups excluding carboxylic acids is 1. The van der Waals surface area contributed by atoms with Crippen LogP contribution in [0, 0.1) is 5.41 Å². The predicted molar refractivity (Wildman–Crippen MR) is 80.1 cm³/mol. The van der Waals surface area contributed by atoms with E-state index < -0.39 is 5.41 Å². The zero-order chi connectivity index (χ0) is 15.3. The Balaban J connectivity index is 2.08. The molecule has 2 aliphatic carbocycles. The molecule has 0 radical (unpaired) electrons. The number of ether oxygens (including phenoxy) is 1. The summed E-state index contributed by atoms with van der Waals surface area (Å²) >= 11 is 0. The third-order valence-electron chi connectivity index (χ3n) is 5.04. The number of hydrogen-bond donors (Lipinski definition) is 3. The molecule has 0 saturated heterocycles. The number of carbonyl (C=O) groups is 1. The maximum Gasteiger partial charge on any atom is 0.234 e. The molecule has 0 aromatic heterocycles. The van der Waals surface area contributed by atoms with E-state index in [1.54, 1.807) is 7.11 Å². The van der Waals surface area contributed by atoms with Crippen LogP contribution >= 0.6 is 0 Å². The molecule has 2 atom stereocenters. The minimum atomic E-state index is -0.837. The zero-order valence-corrected chi connectivity index (χ0v) is 12.8. The van der Waals surface area contributed by atoms with Crippen LogP contribution in [0.4, 0.5) is 0 Å². The standard InChI is InChI=1S/C15H27N3O3/c1-21-12-7-6-11(10-12)17-14(19)15(13(16)18-20)8-4-2-3-5-9-15/h11-12,20H,2-10H2,1H3,(H2,16,18)(H,17,19). The summed E-state index contributed by atoms with van der Waals surface area (Å²) in [4.78, 5) is 12.8. The van der Waals surface area contributed by atoms with Crippen molar-refractivity contribution in [2.75, 3.05) is 7.11 Å². The Morgan fingerprint density at radius 1 is 1.29 bits per heavy atom. The van der Waals surface area contributed by atoms with Crippen molar-refractivity contribution in [2.45, 2.75) is 69.9 Å². The Bertz CT molecular complexity index is 390. The van der Waals surface area contributed by atoms with Gasteiger partial charge in [0.25, 0.3) is 0 Å². The van der Waals surface area contributed by atoms with E-state index in [1.807, 2.05) is 0 Å². The topological polar surface area (TPSA) is 96.9 Å². The van der Waals surface area contributed by atoms with Crippen molar-refractivity contribution in [3.63, 3.8) is 0 Å². The maximum absolute atomic E-state index is 12.8. The van der Waals surface area contributed by atoms with Gasteiger partial charge in [-0.3, -0.25) is 4.79 Å². The molecule has 0 bridgehead atoms. The molecule has 6 nitrogen and oxygen atoms in total. The minimum absolute atomic E-state index is 0.0585. The molecule has 120 valence electrons. The summed E-state index contributed by atoms with van der Waals surface area (Å²) in [7, 11) is 1.71. The summed E-state index contributed by atoms with van der Waals surface area (Å²) < 4.78 is 5.34. The fraction of sp³-hybridized carbons (Fsp3) is 0.867. The molecule has 2 rings (SSSR count). The first-order valence-electron chi connectivity index (χ1n) is 7.94. The lowest BCUT2D eigenvalue weighted by atomic mass is 9.78. The number of amidine groups is 1. The van der Waals surface area contributed by atoms with E-state index in [-0.39, 0.29) is 23.9 Å². The Morgan fingerprint density at radius 2 is 1.95 bits per heavy atom. The van der Waals surface area contributed by atoms with Crippen molar-refractivity contribution in [3.8, 4) is 0 Å². The van der Waals surface area contributed by atoms with Crippen molar-refractivity contribution in [1.29, 1.82) is 0 Å². The van der Waals surface area contributed by atoms with E-state index >= 15 is 0 Å². The van der Waals surface area contributed by atoms with Gasteiger partial charge in [-0.05, 0) is 32.1 Å². The Labute approximate surface area is 126 Å². The molecular formula is C15H27N3O3. The molecule has 0 aromatic carbocycles. The lowest BCUT2D eigenvalue weighted by molar-refractivity contribution is -0.129. The first kappa shape index (κ1) is 16.1. The number of amides is 1. The molecular weight excluding hydrogens is 270 g/mol. The van der Waals surface area contributed by atoms with Gasteiger partial charge in [-0.1, -0.05) is 30.8 Å². The average Bonchev–Trinajstić information content (AvgIpc) is 2.80. The van der Waals surface area contributed by atoms with Crippen LogP contribution in [0.25, 0.3) is 0 Å². The van der Waals surface area contributed by atoms with Crippen LogP contribution in [0.3, 0.4) is 0 Å². The Morgan fingerprint density at radius 3 is 2.48 bits per heavy atom. The molecule has 2 saturated carbocycles. The molecule has 21 heavy (non-hydrogen) atoms. The quantitative estimate of drug-likeness (QED) is 0.242. The maximum atomic E-state index is 12.8. The fourth-order valence-corrected chi connectivity index (χ4v) is 3.64. The van der Waals surface area contributed by atoms with E-state index in [1.165, 1.54) is 0 Å². The second-order valence-corrected chi connectivity index (χ2v) is 6.32. The number of methoxy groups -OCH3 is 1. The molecule has 0 spiro atoms. The summed E-state index contributed by atoms with van der Waals surface area (Å²) in [5, 5.41) is 15.4. The number of nitrogens with two attached hydrogens (primary N) is 1. The van der Waals surface area contributed by atoms with Crippen molar-refractivity contribution < 1.29 is 14.7 Å². The van der Waals surface area contributed by atoms with Gasteiger partial charge in [-0.25, -0.2) is 0 Å². The van der Waals surface area contributed by atoms with Gasteiger partial charge in [-0.2, -0.15) is 0 Å². The highest BCUT2D eigenvalue weighted by Gasteiger charge is 2.44. The number of oxime groups is 1. The molecule has 2 aliphatic rings. The average molecular weight is 297 g/mol. The first-order valence-corrected chi connectivity index (χ1v) is 7.94. The van der Waals surface area contributed by atoms with Crippen LogP contribution in [0.15, 0.2) is 5.16 Å². The van der Waals surface area contributed by atoms with Crippen molar-refractivity contribution in [3.05, 3.63) is 0 Å². The van der Waals surface area contributed by atoms with Gasteiger partial charge in [0.2, 0.25) is 5.91 Å². The van der Waals surface area contributed by atoms with Gasteiger partial charge in [0.1, 0.15) is 5.41 Å². The van der Waals surface area contributed by atoms with Crippen molar-refractivity contribution in [2.24, 2.45) is 16.3 Å². The normalized spacial score (nSPS) is 29.9. The first-order chi connectivity index (χ1) is 10.1. The van der Waals surface area contributed by atoms with Gasteiger partial charge in [0.05, 0.1) is 6.10 Å². The van der Waals surface area contributed by atoms with Crippen LogP contribution in [0.1, 0.15) is 57.8 Å². The molecule has 0 aliphatic heterocycles. The molecule has 0 aromatic rings. The summed E-state index contributed by atoms with van der Waals surface area (Å²) in [5.74, 6) is -0.0235.